The van der Waals surface area contributed by atoms with Gasteiger partial charge in [-0.1, -0.05) is 19.1 Å². The Morgan fingerprint density at radius 3 is 3.00 bits per heavy atom. The molecular weight excluding hydrogens is 202 g/mol. The fourth-order valence-electron chi connectivity index (χ4n) is 1.92. The number of hydrogen-bond acceptors (Lipinski definition) is 2. The monoisotopic (exact) mass is 219 g/mol. The van der Waals surface area contributed by atoms with Crippen LogP contribution in [0, 0.1) is 0 Å². The van der Waals surface area contributed by atoms with Crippen molar-refractivity contribution in [1.82, 2.24) is 5.32 Å². The smallest absolute Gasteiger partial charge is 0.0342 e. The van der Waals surface area contributed by atoms with Crippen molar-refractivity contribution < 1.29 is 0 Å². The van der Waals surface area contributed by atoms with Crippen molar-refractivity contribution in [2.75, 3.05) is 6.54 Å². The molecule has 1 N–H and O–H groups in total. The summed E-state index contributed by atoms with van der Waals surface area (Å²) in [4.78, 5) is 0. The fraction of sp³-hybridized carbons (Fsp3) is 0.385. The summed E-state index contributed by atoms with van der Waals surface area (Å²) in [7, 11) is 0. The lowest BCUT2D eigenvalue weighted by atomic mass is 10.1. The highest BCUT2D eigenvalue weighted by molar-refractivity contribution is 7.17. The molecule has 0 aliphatic carbocycles. The van der Waals surface area contributed by atoms with E-state index in [1.165, 1.54) is 15.6 Å². The zero-order valence-electron chi connectivity index (χ0n) is 9.29. The summed E-state index contributed by atoms with van der Waals surface area (Å²) in [5, 5.41) is 6.97. The van der Waals surface area contributed by atoms with Crippen LogP contribution in [-0.2, 0) is 6.42 Å². The largest absolute Gasteiger partial charge is 0.314 e. The highest BCUT2D eigenvalue weighted by Gasteiger charge is 2.02. The first-order valence-electron chi connectivity index (χ1n) is 5.49. The third-order valence-corrected chi connectivity index (χ3v) is 3.51. The Kier molecular flexibility index (Phi) is 3.39. The lowest BCUT2D eigenvalue weighted by Crippen LogP contribution is -2.27. The molecule has 1 aromatic carbocycles. The van der Waals surface area contributed by atoms with Crippen LogP contribution in [0.2, 0.25) is 0 Å². The normalized spacial score (nSPS) is 13.2. The molecule has 1 aromatic heterocycles. The topological polar surface area (TPSA) is 12.0 Å². The lowest BCUT2D eigenvalue weighted by Gasteiger charge is -2.11. The number of rotatable bonds is 4. The third-order valence-electron chi connectivity index (χ3n) is 2.61. The summed E-state index contributed by atoms with van der Waals surface area (Å²) < 4.78 is 1.38. The molecular formula is C13H17NS. The van der Waals surface area contributed by atoms with Gasteiger partial charge >= 0.3 is 0 Å². The summed E-state index contributed by atoms with van der Waals surface area (Å²) >= 11 is 1.81. The molecule has 0 aliphatic rings. The molecule has 2 aromatic rings. The van der Waals surface area contributed by atoms with Crippen molar-refractivity contribution in [3.8, 4) is 0 Å². The number of thiophene rings is 1. The van der Waals surface area contributed by atoms with Crippen molar-refractivity contribution in [3.05, 3.63) is 35.2 Å². The van der Waals surface area contributed by atoms with E-state index in [9.17, 15) is 0 Å². The molecule has 0 saturated heterocycles. The molecule has 2 rings (SSSR count). The van der Waals surface area contributed by atoms with Crippen LogP contribution >= 0.6 is 11.3 Å². The van der Waals surface area contributed by atoms with Gasteiger partial charge in [-0.15, -0.1) is 11.3 Å². The van der Waals surface area contributed by atoms with Crippen molar-refractivity contribution in [1.29, 1.82) is 0 Å². The number of benzene rings is 1. The van der Waals surface area contributed by atoms with E-state index >= 15 is 0 Å². The molecule has 80 valence electrons. The standard InChI is InChI=1S/C13H17NS/c1-3-14-10(2)8-11-4-5-13-12(9-11)6-7-15-13/h4-7,9-10,14H,3,8H2,1-2H3/t10-/m0/s1. The summed E-state index contributed by atoms with van der Waals surface area (Å²) in [6.07, 6.45) is 1.11. The number of likely N-dealkylation sites (N-methyl/N-ethyl adjacent to an activating group) is 1. The van der Waals surface area contributed by atoms with E-state index in [0.29, 0.717) is 6.04 Å². The Labute approximate surface area is 95.1 Å². The highest BCUT2D eigenvalue weighted by atomic mass is 32.1. The molecule has 1 heterocycles. The Balaban J connectivity index is 2.14. The second kappa shape index (κ2) is 4.77. The molecule has 0 fully saturated rings. The molecule has 0 amide bonds. The van der Waals surface area contributed by atoms with Gasteiger partial charge in [0, 0.05) is 10.7 Å². The zero-order valence-corrected chi connectivity index (χ0v) is 10.1. The summed E-state index contributed by atoms with van der Waals surface area (Å²) in [6, 6.07) is 9.54. The summed E-state index contributed by atoms with van der Waals surface area (Å²) in [5.74, 6) is 0. The van der Waals surface area contributed by atoms with Gasteiger partial charge in [0.25, 0.3) is 0 Å². The van der Waals surface area contributed by atoms with Gasteiger partial charge in [0.15, 0.2) is 0 Å². The van der Waals surface area contributed by atoms with Gasteiger partial charge in [-0.2, -0.15) is 0 Å². The Morgan fingerprint density at radius 2 is 2.20 bits per heavy atom. The molecule has 0 bridgehead atoms. The van der Waals surface area contributed by atoms with E-state index in [1.54, 1.807) is 0 Å². The van der Waals surface area contributed by atoms with Gasteiger partial charge in [0.1, 0.15) is 0 Å². The van der Waals surface area contributed by atoms with Gasteiger partial charge in [-0.25, -0.2) is 0 Å². The van der Waals surface area contributed by atoms with Gasteiger partial charge in [-0.05, 0) is 48.4 Å². The molecule has 0 unspecified atom stereocenters. The van der Waals surface area contributed by atoms with Crippen LogP contribution in [0.5, 0.6) is 0 Å². The first-order valence-corrected chi connectivity index (χ1v) is 6.37. The van der Waals surface area contributed by atoms with E-state index < -0.39 is 0 Å². The maximum Gasteiger partial charge on any atom is 0.0342 e. The van der Waals surface area contributed by atoms with Crippen molar-refractivity contribution in [2.45, 2.75) is 26.3 Å². The number of fused-ring (bicyclic) bond motifs is 1. The van der Waals surface area contributed by atoms with Crippen LogP contribution < -0.4 is 5.32 Å². The van der Waals surface area contributed by atoms with Crippen LogP contribution in [0.1, 0.15) is 19.4 Å². The number of nitrogens with one attached hydrogen (secondary N) is 1. The minimum Gasteiger partial charge on any atom is -0.314 e. The van der Waals surface area contributed by atoms with E-state index in [-0.39, 0.29) is 0 Å². The zero-order chi connectivity index (χ0) is 10.7. The molecule has 0 saturated carbocycles. The predicted molar refractivity (Wildman–Crippen MR) is 68.7 cm³/mol. The van der Waals surface area contributed by atoms with Crippen LogP contribution in [-0.4, -0.2) is 12.6 Å². The van der Waals surface area contributed by atoms with Crippen LogP contribution in [0.3, 0.4) is 0 Å². The molecule has 1 nitrogen and oxygen atoms in total. The first-order chi connectivity index (χ1) is 7.29. The van der Waals surface area contributed by atoms with E-state index in [2.05, 4.69) is 48.8 Å². The average molecular weight is 219 g/mol. The van der Waals surface area contributed by atoms with E-state index in [0.717, 1.165) is 13.0 Å². The van der Waals surface area contributed by atoms with Gasteiger partial charge in [-0.3, -0.25) is 0 Å². The molecule has 15 heavy (non-hydrogen) atoms. The Bertz CT molecular complexity index is 433. The van der Waals surface area contributed by atoms with Gasteiger partial charge < -0.3 is 5.32 Å². The molecule has 1 atom stereocenters. The van der Waals surface area contributed by atoms with E-state index in [1.807, 2.05) is 11.3 Å². The van der Waals surface area contributed by atoms with Crippen LogP contribution in [0.15, 0.2) is 29.6 Å². The van der Waals surface area contributed by atoms with Gasteiger partial charge in [0.2, 0.25) is 0 Å². The summed E-state index contributed by atoms with van der Waals surface area (Å²) in [6.45, 7) is 5.43. The Hall–Kier alpha value is -0.860. The Morgan fingerprint density at radius 1 is 1.33 bits per heavy atom. The third kappa shape index (κ3) is 2.58. The van der Waals surface area contributed by atoms with Crippen LogP contribution in [0.25, 0.3) is 10.1 Å². The minimum atomic E-state index is 0.561. The van der Waals surface area contributed by atoms with Crippen LogP contribution in [0.4, 0.5) is 0 Å². The van der Waals surface area contributed by atoms with Crippen molar-refractivity contribution >= 4 is 21.4 Å². The van der Waals surface area contributed by atoms with E-state index in [4.69, 9.17) is 0 Å². The minimum absolute atomic E-state index is 0.561. The SMILES string of the molecule is CCN[C@@H](C)Cc1ccc2sccc2c1. The quantitative estimate of drug-likeness (QED) is 0.830. The molecule has 0 aliphatic heterocycles. The predicted octanol–water partition coefficient (Wildman–Crippen LogP) is 3.44. The molecule has 0 radical (unpaired) electrons. The van der Waals surface area contributed by atoms with Gasteiger partial charge in [0.05, 0.1) is 0 Å². The maximum atomic E-state index is 3.44. The lowest BCUT2D eigenvalue weighted by molar-refractivity contribution is 0.565. The molecule has 0 spiro atoms. The number of hydrogen-bond donors (Lipinski definition) is 1. The second-order valence-corrected chi connectivity index (χ2v) is 4.90. The average Bonchev–Trinajstić information content (AvgIpc) is 2.65. The fourth-order valence-corrected chi connectivity index (χ4v) is 2.69. The molecule has 2 heteroatoms. The second-order valence-electron chi connectivity index (χ2n) is 3.96. The van der Waals surface area contributed by atoms with Crippen molar-refractivity contribution in [3.63, 3.8) is 0 Å². The first kappa shape index (κ1) is 10.7. The highest BCUT2D eigenvalue weighted by Crippen LogP contribution is 2.22. The summed E-state index contributed by atoms with van der Waals surface area (Å²) in [5.41, 5.74) is 1.43. The maximum absolute atomic E-state index is 3.44. The van der Waals surface area contributed by atoms with Crippen molar-refractivity contribution in [2.24, 2.45) is 0 Å².